The van der Waals surface area contributed by atoms with Crippen molar-refractivity contribution in [3.63, 3.8) is 0 Å². The maximum Gasteiger partial charge on any atom is 0.268 e. The molecule has 1 spiro atoms. The van der Waals surface area contributed by atoms with E-state index in [-0.39, 0.29) is 11.7 Å². The van der Waals surface area contributed by atoms with Crippen molar-refractivity contribution in [2.75, 3.05) is 9.91 Å². The second kappa shape index (κ2) is 10.2. The standard InChI is InChI=1S/C32H25N3O2S2/c1-22-13-17-24(18-14-22)21-28-31(37)34(26-11-7-4-8-12-26)32(38-28)35(27-19-15-23(2)16-20-27)33-30(39-32)29(36)25-9-5-3-6-10-25/h3-21H,1-2H3/b28-21+. The zero-order valence-electron chi connectivity index (χ0n) is 21.4. The van der Waals surface area contributed by atoms with E-state index in [0.717, 1.165) is 28.1 Å². The second-order valence-corrected chi connectivity index (χ2v) is 12.0. The molecule has 2 heterocycles. The summed E-state index contributed by atoms with van der Waals surface area (Å²) in [4.78, 5) is 30.2. The monoisotopic (exact) mass is 547 g/mol. The Morgan fingerprint density at radius 2 is 1.33 bits per heavy atom. The predicted molar refractivity (Wildman–Crippen MR) is 163 cm³/mol. The number of rotatable bonds is 5. The van der Waals surface area contributed by atoms with Crippen LogP contribution in [0.2, 0.25) is 0 Å². The van der Waals surface area contributed by atoms with Gasteiger partial charge in [0.25, 0.3) is 5.91 Å². The van der Waals surface area contributed by atoms with Crippen LogP contribution < -0.4 is 9.91 Å². The lowest BCUT2D eigenvalue weighted by Crippen LogP contribution is -2.51. The van der Waals surface area contributed by atoms with Gasteiger partial charge >= 0.3 is 0 Å². The molecule has 0 aromatic heterocycles. The minimum absolute atomic E-state index is 0.139. The van der Waals surface area contributed by atoms with Gasteiger partial charge in [-0.3, -0.25) is 14.5 Å². The molecule has 1 fully saturated rings. The summed E-state index contributed by atoms with van der Waals surface area (Å²) in [5.74, 6) is -0.313. The van der Waals surface area contributed by atoms with E-state index in [0.29, 0.717) is 15.5 Å². The molecule has 7 heteroatoms. The third kappa shape index (κ3) is 4.68. The molecule has 4 aromatic carbocycles. The highest BCUT2D eigenvalue weighted by atomic mass is 32.2. The summed E-state index contributed by atoms with van der Waals surface area (Å²) in [5.41, 5.74) is 5.28. The van der Waals surface area contributed by atoms with Crippen LogP contribution in [0, 0.1) is 13.8 Å². The Balaban J connectivity index is 1.51. The van der Waals surface area contributed by atoms with E-state index in [9.17, 15) is 9.59 Å². The van der Waals surface area contributed by atoms with Crippen LogP contribution in [0.3, 0.4) is 0 Å². The molecule has 192 valence electrons. The number of hydrogen-bond acceptors (Lipinski definition) is 6. The first-order valence-corrected chi connectivity index (χ1v) is 14.2. The topological polar surface area (TPSA) is 53.0 Å². The van der Waals surface area contributed by atoms with Gasteiger partial charge in [-0.05, 0) is 61.5 Å². The quantitative estimate of drug-likeness (QED) is 0.191. The first-order valence-electron chi connectivity index (χ1n) is 12.6. The van der Waals surface area contributed by atoms with Gasteiger partial charge in [0.15, 0.2) is 5.04 Å². The predicted octanol–water partition coefficient (Wildman–Crippen LogP) is 7.49. The van der Waals surface area contributed by atoms with Crippen LogP contribution in [-0.2, 0) is 4.79 Å². The van der Waals surface area contributed by atoms with Gasteiger partial charge in [-0.15, -0.1) is 0 Å². The van der Waals surface area contributed by atoms with Crippen molar-refractivity contribution in [1.82, 2.24) is 0 Å². The summed E-state index contributed by atoms with van der Waals surface area (Å²) in [5, 5.41) is 7.04. The molecule has 2 aliphatic heterocycles. The van der Waals surface area contributed by atoms with Gasteiger partial charge < -0.3 is 0 Å². The van der Waals surface area contributed by atoms with E-state index in [1.807, 2.05) is 122 Å². The second-order valence-electron chi connectivity index (χ2n) is 9.40. The molecule has 1 unspecified atom stereocenters. The molecule has 0 bridgehead atoms. The largest absolute Gasteiger partial charge is 0.286 e. The van der Waals surface area contributed by atoms with Crippen molar-refractivity contribution in [3.05, 3.63) is 136 Å². The Hall–Kier alpha value is -4.07. The van der Waals surface area contributed by atoms with Crippen LogP contribution in [0.5, 0.6) is 0 Å². The summed E-state index contributed by atoms with van der Waals surface area (Å²) in [6.45, 7) is 4.06. The van der Waals surface area contributed by atoms with Gasteiger partial charge in [0.05, 0.1) is 10.6 Å². The Kier molecular flexibility index (Phi) is 6.62. The molecule has 39 heavy (non-hydrogen) atoms. The van der Waals surface area contributed by atoms with E-state index < -0.39 is 4.33 Å². The van der Waals surface area contributed by atoms with Gasteiger partial charge in [0, 0.05) is 11.3 Å². The summed E-state index contributed by atoms with van der Waals surface area (Å²) in [6, 6.07) is 34.8. The number of ketones is 1. The van der Waals surface area contributed by atoms with Crippen molar-refractivity contribution >= 4 is 57.7 Å². The first-order chi connectivity index (χ1) is 18.9. The smallest absolute Gasteiger partial charge is 0.268 e. The molecule has 0 saturated carbocycles. The zero-order valence-corrected chi connectivity index (χ0v) is 23.1. The van der Waals surface area contributed by atoms with Crippen LogP contribution in [0.4, 0.5) is 11.4 Å². The molecule has 0 aliphatic carbocycles. The van der Waals surface area contributed by atoms with E-state index in [2.05, 4.69) is 0 Å². The van der Waals surface area contributed by atoms with Gasteiger partial charge in [-0.25, -0.2) is 5.01 Å². The average Bonchev–Trinajstić information content (AvgIpc) is 3.47. The summed E-state index contributed by atoms with van der Waals surface area (Å²) in [7, 11) is 0. The van der Waals surface area contributed by atoms with Crippen LogP contribution in [0.15, 0.2) is 119 Å². The molecule has 4 aromatic rings. The molecule has 1 amide bonds. The Morgan fingerprint density at radius 3 is 1.97 bits per heavy atom. The van der Waals surface area contributed by atoms with Crippen LogP contribution in [0.25, 0.3) is 6.08 Å². The third-order valence-corrected chi connectivity index (χ3v) is 9.24. The molecular formula is C32H25N3O2S2. The van der Waals surface area contributed by atoms with Crippen molar-refractivity contribution in [2.45, 2.75) is 18.2 Å². The molecular weight excluding hydrogens is 523 g/mol. The molecule has 1 saturated heterocycles. The van der Waals surface area contributed by atoms with Gasteiger partial charge in [0.2, 0.25) is 10.1 Å². The third-order valence-electron chi connectivity index (χ3n) is 6.53. The highest BCUT2D eigenvalue weighted by molar-refractivity contribution is 8.29. The van der Waals surface area contributed by atoms with Crippen LogP contribution in [-0.4, -0.2) is 21.1 Å². The number of anilines is 2. The average molecular weight is 548 g/mol. The van der Waals surface area contributed by atoms with Crippen molar-refractivity contribution in [3.8, 4) is 0 Å². The molecule has 0 radical (unpaired) electrons. The van der Waals surface area contributed by atoms with Crippen molar-refractivity contribution < 1.29 is 9.59 Å². The lowest BCUT2D eigenvalue weighted by atomic mass is 10.1. The number of Topliss-reactive ketones (excluding diaryl/α,β-unsaturated/α-hetero) is 1. The molecule has 2 aliphatic rings. The summed E-state index contributed by atoms with van der Waals surface area (Å²) < 4.78 is -1.07. The SMILES string of the molecule is Cc1ccc(/C=C2/SC3(SC(C(=O)c4ccccc4)=NN3c3ccc(C)cc3)N(c3ccccc3)C2=O)cc1. The molecule has 0 N–H and O–H groups in total. The lowest BCUT2D eigenvalue weighted by molar-refractivity contribution is -0.114. The number of amides is 1. The van der Waals surface area contributed by atoms with Gasteiger partial charge in [-0.1, -0.05) is 108 Å². The fourth-order valence-electron chi connectivity index (χ4n) is 4.49. The number of nitrogens with zero attached hydrogens (tertiary/aromatic N) is 3. The molecule has 5 nitrogen and oxygen atoms in total. The number of aryl methyl sites for hydroxylation is 2. The first kappa shape index (κ1) is 25.2. The normalized spacial score (nSPS) is 19.7. The van der Waals surface area contributed by atoms with E-state index >= 15 is 0 Å². The van der Waals surface area contributed by atoms with Crippen molar-refractivity contribution in [1.29, 1.82) is 0 Å². The number of thioether (sulfide) groups is 2. The molecule has 1 atom stereocenters. The Labute approximate surface area is 236 Å². The van der Waals surface area contributed by atoms with Crippen molar-refractivity contribution in [2.24, 2.45) is 5.10 Å². The Bertz CT molecular complexity index is 1600. The number of carbonyl (C=O) groups excluding carboxylic acids is 2. The maximum absolute atomic E-state index is 14.2. The summed E-state index contributed by atoms with van der Waals surface area (Å²) in [6.07, 6.45) is 1.92. The highest BCUT2D eigenvalue weighted by Crippen LogP contribution is 2.59. The van der Waals surface area contributed by atoms with Gasteiger partial charge in [0.1, 0.15) is 0 Å². The van der Waals surface area contributed by atoms with Crippen LogP contribution in [0.1, 0.15) is 27.0 Å². The number of hydrogen-bond donors (Lipinski definition) is 0. The summed E-state index contributed by atoms with van der Waals surface area (Å²) >= 11 is 2.72. The minimum Gasteiger partial charge on any atom is -0.286 e. The number of benzene rings is 4. The fourth-order valence-corrected chi connectivity index (χ4v) is 7.44. The Morgan fingerprint density at radius 1 is 0.744 bits per heavy atom. The van der Waals surface area contributed by atoms with E-state index in [1.54, 1.807) is 17.0 Å². The highest BCUT2D eigenvalue weighted by Gasteiger charge is 2.60. The molecule has 6 rings (SSSR count). The maximum atomic E-state index is 14.2. The van der Waals surface area contributed by atoms with E-state index in [4.69, 9.17) is 5.10 Å². The number of hydrazone groups is 1. The number of para-hydroxylation sites is 1. The van der Waals surface area contributed by atoms with E-state index in [1.165, 1.54) is 23.5 Å². The fraction of sp³-hybridized carbons (Fsp3) is 0.0938. The van der Waals surface area contributed by atoms with Gasteiger partial charge in [-0.2, -0.15) is 5.10 Å². The number of carbonyl (C=O) groups is 2. The lowest BCUT2D eigenvalue weighted by Gasteiger charge is -2.38. The minimum atomic E-state index is -1.07. The van der Waals surface area contributed by atoms with Crippen LogP contribution >= 0.6 is 23.5 Å². The zero-order chi connectivity index (χ0) is 27.0.